The maximum Gasteiger partial charge on any atom is 0.240 e. The predicted octanol–water partition coefficient (Wildman–Crippen LogP) is 5.11. The number of benzene rings is 2. The van der Waals surface area contributed by atoms with E-state index in [-0.39, 0.29) is 23.6 Å². The van der Waals surface area contributed by atoms with Gasteiger partial charge in [0, 0.05) is 11.2 Å². The summed E-state index contributed by atoms with van der Waals surface area (Å²) in [6.45, 7) is 1.80. The molecule has 3 aromatic rings. The molecule has 0 spiro atoms. The van der Waals surface area contributed by atoms with E-state index in [0.717, 1.165) is 11.1 Å². The van der Waals surface area contributed by atoms with Crippen LogP contribution >= 0.6 is 22.9 Å². The number of halogens is 1. The van der Waals surface area contributed by atoms with Crippen molar-refractivity contribution in [3.05, 3.63) is 92.8 Å². The fourth-order valence-corrected chi connectivity index (χ4v) is 6.36. The molecule has 0 saturated carbocycles. The largest absolute Gasteiger partial charge is 0.358 e. The number of nitrogens with zero attached hydrogens (tertiary/aromatic N) is 2. The summed E-state index contributed by atoms with van der Waals surface area (Å²) in [5.41, 5.74) is 3.12. The molecule has 2 amide bonds. The number of fused-ring (bicyclic) bond motifs is 5. The zero-order valence-electron chi connectivity index (χ0n) is 17.6. The van der Waals surface area contributed by atoms with Gasteiger partial charge in [-0.25, -0.2) is 4.90 Å². The third kappa shape index (κ3) is 2.81. The Kier molecular flexibility index (Phi) is 4.57. The summed E-state index contributed by atoms with van der Waals surface area (Å²) in [7, 11) is 0. The summed E-state index contributed by atoms with van der Waals surface area (Å²) in [6, 6.07) is 15.5. The fourth-order valence-electron chi connectivity index (χ4n) is 5.50. The third-order valence-electron chi connectivity index (χ3n) is 6.97. The van der Waals surface area contributed by atoms with Crippen LogP contribution in [0.25, 0.3) is 6.08 Å². The van der Waals surface area contributed by atoms with Gasteiger partial charge < -0.3 is 4.90 Å². The lowest BCUT2D eigenvalue weighted by molar-refractivity contribution is -0.123. The van der Waals surface area contributed by atoms with Crippen LogP contribution in [0, 0.1) is 18.8 Å². The van der Waals surface area contributed by atoms with Crippen LogP contribution < -0.4 is 4.90 Å². The molecule has 0 aliphatic carbocycles. The van der Waals surface area contributed by atoms with Gasteiger partial charge in [-0.15, -0.1) is 11.3 Å². The molecular weight excluding hydrogens is 456 g/mol. The van der Waals surface area contributed by atoms with Crippen molar-refractivity contribution in [1.29, 1.82) is 0 Å². The Balaban J connectivity index is 1.52. The quantitative estimate of drug-likeness (QED) is 0.391. The molecule has 3 aliphatic rings. The van der Waals surface area contributed by atoms with E-state index in [1.807, 2.05) is 52.9 Å². The Labute approximate surface area is 199 Å². The molecule has 2 saturated heterocycles. The molecule has 0 N–H and O–H groups in total. The summed E-state index contributed by atoms with van der Waals surface area (Å²) < 4.78 is 0. The molecule has 5 nitrogen and oxygen atoms in total. The van der Waals surface area contributed by atoms with Crippen LogP contribution in [0.2, 0.25) is 5.02 Å². The molecule has 2 fully saturated rings. The molecule has 33 heavy (non-hydrogen) atoms. The number of carbonyl (C=O) groups excluding carboxylic acids is 3. The van der Waals surface area contributed by atoms with Crippen LogP contribution in [-0.4, -0.2) is 28.5 Å². The van der Waals surface area contributed by atoms with Crippen LogP contribution in [0.5, 0.6) is 0 Å². The molecule has 164 valence electrons. The van der Waals surface area contributed by atoms with Crippen LogP contribution in [-0.2, 0) is 9.59 Å². The maximum atomic E-state index is 13.9. The van der Waals surface area contributed by atoms with Gasteiger partial charge in [-0.3, -0.25) is 14.4 Å². The normalized spacial score (nSPS) is 25.3. The Morgan fingerprint density at radius 3 is 2.55 bits per heavy atom. The lowest BCUT2D eigenvalue weighted by Gasteiger charge is -2.35. The monoisotopic (exact) mass is 474 g/mol. The van der Waals surface area contributed by atoms with Gasteiger partial charge in [-0.05, 0) is 53.3 Å². The van der Waals surface area contributed by atoms with Gasteiger partial charge in [0.25, 0.3) is 0 Å². The lowest BCUT2D eigenvalue weighted by Crippen LogP contribution is -2.44. The predicted molar refractivity (Wildman–Crippen MR) is 128 cm³/mol. The minimum absolute atomic E-state index is 0.127. The SMILES string of the molecule is Cc1c(Cl)cccc1N1C(=O)C2C(C1=O)C1c3ccccc3C=CN1C2C(=O)c1cccs1. The molecule has 4 atom stereocenters. The van der Waals surface area contributed by atoms with Gasteiger partial charge in [0.2, 0.25) is 11.8 Å². The first kappa shape index (κ1) is 20.4. The van der Waals surface area contributed by atoms with E-state index < -0.39 is 17.9 Å². The first-order chi connectivity index (χ1) is 16.0. The van der Waals surface area contributed by atoms with Crippen LogP contribution in [0.3, 0.4) is 0 Å². The standard InChI is InChI=1S/C26H19ClN2O3S/c1-14-17(27)8-4-9-18(14)29-25(31)20-21(26(29)32)23(24(30)19-10-5-13-33-19)28-12-11-15-6-2-3-7-16(15)22(20)28/h2-13,20-23H,1H3. The average Bonchev–Trinajstić information content (AvgIpc) is 3.52. The number of amides is 2. The molecule has 3 aliphatic heterocycles. The van der Waals surface area contributed by atoms with Crippen LogP contribution in [0.15, 0.2) is 66.2 Å². The number of hydrogen-bond donors (Lipinski definition) is 0. The highest BCUT2D eigenvalue weighted by Gasteiger charge is 2.64. The number of hydrogen-bond acceptors (Lipinski definition) is 5. The second kappa shape index (κ2) is 7.40. The minimum Gasteiger partial charge on any atom is -0.358 e. The van der Waals surface area contributed by atoms with Crippen molar-refractivity contribution in [2.24, 2.45) is 11.8 Å². The number of ketones is 1. The number of rotatable bonds is 3. The van der Waals surface area contributed by atoms with Gasteiger partial charge in [-0.2, -0.15) is 0 Å². The molecule has 4 heterocycles. The number of carbonyl (C=O) groups is 3. The Morgan fingerprint density at radius 1 is 0.970 bits per heavy atom. The zero-order chi connectivity index (χ0) is 22.9. The van der Waals surface area contributed by atoms with Crippen molar-refractivity contribution in [1.82, 2.24) is 4.90 Å². The van der Waals surface area contributed by atoms with Gasteiger partial charge >= 0.3 is 0 Å². The molecule has 1 aromatic heterocycles. The Hall–Kier alpha value is -3.22. The van der Waals surface area contributed by atoms with Crippen molar-refractivity contribution < 1.29 is 14.4 Å². The third-order valence-corrected chi connectivity index (χ3v) is 8.27. The molecule has 0 bridgehead atoms. The molecule has 2 aromatic carbocycles. The van der Waals surface area contributed by atoms with Crippen molar-refractivity contribution in [2.75, 3.05) is 4.90 Å². The van der Waals surface area contributed by atoms with Gasteiger partial charge in [0.15, 0.2) is 5.78 Å². The summed E-state index contributed by atoms with van der Waals surface area (Å²) >= 11 is 7.67. The first-order valence-electron chi connectivity index (χ1n) is 10.7. The Morgan fingerprint density at radius 2 is 1.76 bits per heavy atom. The van der Waals surface area contributed by atoms with Gasteiger partial charge in [-0.1, -0.05) is 48.0 Å². The van der Waals surface area contributed by atoms with E-state index >= 15 is 0 Å². The van der Waals surface area contributed by atoms with E-state index in [2.05, 4.69) is 0 Å². The minimum atomic E-state index is -0.772. The van der Waals surface area contributed by atoms with Crippen LogP contribution in [0.1, 0.15) is 32.4 Å². The number of imide groups is 1. The number of anilines is 1. The van der Waals surface area contributed by atoms with E-state index in [9.17, 15) is 14.4 Å². The average molecular weight is 475 g/mol. The maximum absolute atomic E-state index is 13.9. The summed E-state index contributed by atoms with van der Waals surface area (Å²) in [5.74, 6) is -2.18. The van der Waals surface area contributed by atoms with E-state index in [1.165, 1.54) is 16.2 Å². The van der Waals surface area contributed by atoms with Crippen molar-refractivity contribution in [3.63, 3.8) is 0 Å². The van der Waals surface area contributed by atoms with E-state index in [1.54, 1.807) is 31.2 Å². The smallest absolute Gasteiger partial charge is 0.240 e. The molecule has 0 radical (unpaired) electrons. The van der Waals surface area contributed by atoms with Crippen molar-refractivity contribution in [2.45, 2.75) is 19.0 Å². The fraction of sp³-hybridized carbons (Fsp3) is 0.192. The number of Topliss-reactive ketones (excluding diaryl/α,β-unsaturated/α-hetero) is 1. The molecular formula is C26H19ClN2O3S. The van der Waals surface area contributed by atoms with Crippen molar-refractivity contribution >= 4 is 52.3 Å². The van der Waals surface area contributed by atoms with E-state index in [0.29, 0.717) is 21.2 Å². The molecule has 4 unspecified atom stereocenters. The van der Waals surface area contributed by atoms with Gasteiger partial charge in [0.1, 0.15) is 6.04 Å². The summed E-state index contributed by atoms with van der Waals surface area (Å²) in [5, 5.41) is 2.34. The summed E-state index contributed by atoms with van der Waals surface area (Å²) in [6.07, 6.45) is 3.83. The molecule has 7 heteroatoms. The van der Waals surface area contributed by atoms with Crippen molar-refractivity contribution in [3.8, 4) is 0 Å². The molecule has 6 rings (SSSR count). The second-order valence-electron chi connectivity index (χ2n) is 8.57. The highest BCUT2D eigenvalue weighted by molar-refractivity contribution is 7.12. The lowest BCUT2D eigenvalue weighted by atomic mass is 9.84. The second-order valence-corrected chi connectivity index (χ2v) is 9.93. The number of thiophene rings is 1. The highest BCUT2D eigenvalue weighted by Crippen LogP contribution is 2.54. The highest BCUT2D eigenvalue weighted by atomic mass is 35.5. The van der Waals surface area contributed by atoms with E-state index in [4.69, 9.17) is 11.6 Å². The topological polar surface area (TPSA) is 57.7 Å². The summed E-state index contributed by atoms with van der Waals surface area (Å²) in [4.78, 5) is 45.2. The van der Waals surface area contributed by atoms with Crippen LogP contribution in [0.4, 0.5) is 5.69 Å². The first-order valence-corrected chi connectivity index (χ1v) is 12.0. The Bertz CT molecular complexity index is 1350. The zero-order valence-corrected chi connectivity index (χ0v) is 19.2. The van der Waals surface area contributed by atoms with Gasteiger partial charge in [0.05, 0.1) is 28.4 Å².